The van der Waals surface area contributed by atoms with Crippen molar-refractivity contribution < 1.29 is 19.4 Å². The maximum atomic E-state index is 12.1. The van der Waals surface area contributed by atoms with Crippen molar-refractivity contribution >= 4 is 5.97 Å². The molecule has 1 heterocycles. The number of hydrogen-bond acceptors (Lipinski definition) is 4. The van der Waals surface area contributed by atoms with Gasteiger partial charge in [0.25, 0.3) is 0 Å². The molecule has 196 valence electrons. The summed E-state index contributed by atoms with van der Waals surface area (Å²) in [4.78, 5) is 12.1. The van der Waals surface area contributed by atoms with E-state index in [1.54, 1.807) is 0 Å². The van der Waals surface area contributed by atoms with Gasteiger partial charge in [-0.25, -0.2) is 0 Å². The van der Waals surface area contributed by atoms with Gasteiger partial charge >= 0.3 is 5.97 Å². The molecule has 2 unspecified atom stereocenters. The highest BCUT2D eigenvalue weighted by atomic mass is 16.5. The molecule has 4 heteroatoms. The average molecular weight is 477 g/mol. The first-order chi connectivity index (χ1) is 15.8. The Hall–Kier alpha value is -0.610. The Kier molecular flexibility index (Phi) is 7.04. The Morgan fingerprint density at radius 2 is 1.59 bits per heavy atom. The number of methoxy groups -OCH3 is 1. The zero-order valence-corrected chi connectivity index (χ0v) is 23.3. The van der Waals surface area contributed by atoms with E-state index in [1.807, 2.05) is 13.8 Å². The Morgan fingerprint density at radius 3 is 2.18 bits per heavy atom. The van der Waals surface area contributed by atoms with Gasteiger partial charge in [-0.2, -0.15) is 0 Å². The summed E-state index contributed by atoms with van der Waals surface area (Å²) in [5.74, 6) is 4.01. The van der Waals surface area contributed by atoms with Gasteiger partial charge in [-0.3, -0.25) is 4.79 Å². The number of ether oxygens (including phenoxy) is 2. The monoisotopic (exact) mass is 476 g/mol. The molecule has 4 nitrogen and oxygen atoms in total. The Bertz CT molecular complexity index is 755. The van der Waals surface area contributed by atoms with Gasteiger partial charge in [0.1, 0.15) is 0 Å². The molecule has 0 bridgehead atoms. The van der Waals surface area contributed by atoms with E-state index in [2.05, 4.69) is 34.6 Å². The fourth-order valence-electron chi connectivity index (χ4n) is 9.91. The van der Waals surface area contributed by atoms with Crippen LogP contribution in [0.15, 0.2) is 0 Å². The van der Waals surface area contributed by atoms with Crippen LogP contribution in [0, 0.1) is 46.3 Å². The number of hydrogen-bond donors (Lipinski definition) is 1. The number of aliphatic hydroxyl groups is 1. The first kappa shape index (κ1) is 26.5. The van der Waals surface area contributed by atoms with Crippen LogP contribution in [0.2, 0.25) is 0 Å². The quantitative estimate of drug-likeness (QED) is 0.429. The summed E-state index contributed by atoms with van der Waals surface area (Å²) < 4.78 is 11.7. The zero-order valence-electron chi connectivity index (χ0n) is 23.3. The van der Waals surface area contributed by atoms with E-state index in [4.69, 9.17) is 9.47 Å². The third kappa shape index (κ3) is 4.27. The topological polar surface area (TPSA) is 55.8 Å². The van der Waals surface area contributed by atoms with Gasteiger partial charge in [0.15, 0.2) is 0 Å². The van der Waals surface area contributed by atoms with E-state index < -0.39 is 5.60 Å². The second-order valence-corrected chi connectivity index (χ2v) is 14.2. The van der Waals surface area contributed by atoms with Crippen molar-refractivity contribution in [3.05, 3.63) is 0 Å². The molecule has 1 N–H and O–H groups in total. The van der Waals surface area contributed by atoms with Crippen LogP contribution in [0.3, 0.4) is 0 Å². The number of rotatable bonds is 6. The van der Waals surface area contributed by atoms with Crippen molar-refractivity contribution in [1.82, 2.24) is 0 Å². The summed E-state index contributed by atoms with van der Waals surface area (Å²) in [6, 6.07) is 0. The summed E-state index contributed by atoms with van der Waals surface area (Å²) in [5, 5.41) is 10.6. The second-order valence-electron chi connectivity index (χ2n) is 14.2. The first-order valence-electron chi connectivity index (χ1n) is 14.2. The van der Waals surface area contributed by atoms with Gasteiger partial charge in [0.2, 0.25) is 0 Å². The first-order valence-corrected chi connectivity index (χ1v) is 14.2. The molecule has 4 aliphatic rings. The molecule has 9 atom stereocenters. The molecule has 0 aromatic carbocycles. The lowest BCUT2D eigenvalue weighted by Gasteiger charge is -2.61. The zero-order chi connectivity index (χ0) is 25.1. The SMILES string of the molecule is COC(=O)CC[C@@]1(C)C(C(C)C)CC[C@@H]2[C@@H]1CCC1[C@@H]([C@]3(C)CC[C@@H](C(C)(C)O)O3)CC[C@@]12C. The van der Waals surface area contributed by atoms with Crippen molar-refractivity contribution in [2.75, 3.05) is 7.11 Å². The van der Waals surface area contributed by atoms with Crippen LogP contribution < -0.4 is 0 Å². The predicted molar refractivity (Wildman–Crippen MR) is 136 cm³/mol. The molecule has 0 radical (unpaired) electrons. The summed E-state index contributed by atoms with van der Waals surface area (Å²) >= 11 is 0. The average Bonchev–Trinajstić information content (AvgIpc) is 3.33. The van der Waals surface area contributed by atoms with E-state index >= 15 is 0 Å². The van der Waals surface area contributed by atoms with Gasteiger partial charge in [-0.05, 0) is 125 Å². The van der Waals surface area contributed by atoms with Crippen LogP contribution in [0.1, 0.15) is 113 Å². The predicted octanol–water partition coefficient (Wildman–Crippen LogP) is 6.78. The maximum Gasteiger partial charge on any atom is 0.305 e. The van der Waals surface area contributed by atoms with Crippen molar-refractivity contribution in [2.45, 2.75) is 130 Å². The highest BCUT2D eigenvalue weighted by Gasteiger charge is 2.63. The standard InChI is InChI=1S/C30H52O4/c1-19(2)20-9-10-22-21(28(20,5)17-15-26(31)33-8)11-12-23-24(13-16-29(22,23)6)30(7)18-14-25(34-30)27(3,4)32/h19-25,32H,9-18H2,1-8H3/t20?,21-,22+,23?,24-,25-,28-,29+,30-/m0/s1. The van der Waals surface area contributed by atoms with E-state index in [-0.39, 0.29) is 23.1 Å². The molecule has 4 fully saturated rings. The summed E-state index contributed by atoms with van der Waals surface area (Å²) in [6.07, 6.45) is 11.2. The summed E-state index contributed by atoms with van der Waals surface area (Å²) in [5.41, 5.74) is -0.310. The molecule has 0 amide bonds. The van der Waals surface area contributed by atoms with Gasteiger partial charge in [0.05, 0.1) is 24.4 Å². The number of fused-ring (bicyclic) bond motifs is 3. The molecular formula is C30H52O4. The number of esters is 1. The maximum absolute atomic E-state index is 12.1. The van der Waals surface area contributed by atoms with E-state index in [0.29, 0.717) is 41.4 Å². The van der Waals surface area contributed by atoms with Crippen molar-refractivity contribution in [3.63, 3.8) is 0 Å². The molecule has 0 spiro atoms. The number of carbonyl (C=O) groups excluding carboxylic acids is 1. The van der Waals surface area contributed by atoms with Gasteiger partial charge in [-0.1, -0.05) is 27.7 Å². The number of carbonyl (C=O) groups is 1. The van der Waals surface area contributed by atoms with Crippen LogP contribution in [0.5, 0.6) is 0 Å². The molecule has 4 rings (SSSR count). The lowest BCUT2D eigenvalue weighted by Crippen LogP contribution is -2.55. The van der Waals surface area contributed by atoms with Crippen LogP contribution in [-0.4, -0.2) is 35.5 Å². The third-order valence-corrected chi connectivity index (χ3v) is 11.7. The van der Waals surface area contributed by atoms with Crippen molar-refractivity contribution in [3.8, 4) is 0 Å². The molecule has 1 saturated heterocycles. The van der Waals surface area contributed by atoms with Crippen LogP contribution in [0.4, 0.5) is 0 Å². The van der Waals surface area contributed by atoms with Crippen LogP contribution in [0.25, 0.3) is 0 Å². The Balaban J connectivity index is 1.57. The molecule has 1 aliphatic heterocycles. The van der Waals surface area contributed by atoms with Gasteiger partial charge in [0, 0.05) is 6.42 Å². The third-order valence-electron chi connectivity index (χ3n) is 11.7. The fraction of sp³-hybridized carbons (Fsp3) is 0.967. The fourth-order valence-corrected chi connectivity index (χ4v) is 9.91. The molecule has 3 aliphatic carbocycles. The summed E-state index contributed by atoms with van der Waals surface area (Å²) in [6.45, 7) is 16.0. The largest absolute Gasteiger partial charge is 0.469 e. The normalized spacial score (nSPS) is 46.9. The molecule has 34 heavy (non-hydrogen) atoms. The van der Waals surface area contributed by atoms with Crippen LogP contribution >= 0.6 is 0 Å². The molecule has 0 aromatic heterocycles. The lowest BCUT2D eigenvalue weighted by molar-refractivity contribution is -0.162. The Labute approximate surface area is 208 Å². The van der Waals surface area contributed by atoms with Crippen molar-refractivity contribution in [2.24, 2.45) is 46.3 Å². The molecular weight excluding hydrogens is 424 g/mol. The highest BCUT2D eigenvalue weighted by Crippen LogP contribution is 2.69. The smallest absolute Gasteiger partial charge is 0.305 e. The minimum Gasteiger partial charge on any atom is -0.469 e. The van der Waals surface area contributed by atoms with Crippen LogP contribution in [-0.2, 0) is 14.3 Å². The second kappa shape index (κ2) is 9.05. The summed E-state index contributed by atoms with van der Waals surface area (Å²) in [7, 11) is 1.52. The van der Waals surface area contributed by atoms with Gasteiger partial charge in [-0.15, -0.1) is 0 Å². The van der Waals surface area contributed by atoms with E-state index in [0.717, 1.165) is 25.2 Å². The van der Waals surface area contributed by atoms with E-state index in [9.17, 15) is 9.90 Å². The molecule has 3 saturated carbocycles. The minimum absolute atomic E-state index is 0.0520. The minimum atomic E-state index is -0.770. The van der Waals surface area contributed by atoms with E-state index in [1.165, 1.54) is 45.6 Å². The van der Waals surface area contributed by atoms with Crippen molar-refractivity contribution in [1.29, 1.82) is 0 Å². The molecule has 0 aromatic rings. The lowest BCUT2D eigenvalue weighted by atomic mass is 9.44. The highest BCUT2D eigenvalue weighted by molar-refractivity contribution is 5.69. The Morgan fingerprint density at radius 1 is 0.971 bits per heavy atom. The van der Waals surface area contributed by atoms with Gasteiger partial charge < -0.3 is 14.6 Å².